The van der Waals surface area contributed by atoms with E-state index in [1.807, 2.05) is 19.9 Å². The van der Waals surface area contributed by atoms with E-state index >= 15 is 0 Å². The zero-order chi connectivity index (χ0) is 11.5. The lowest BCUT2D eigenvalue weighted by Gasteiger charge is -2.02. The van der Waals surface area contributed by atoms with Crippen LogP contribution in [0.15, 0.2) is 11.6 Å². The van der Waals surface area contributed by atoms with E-state index in [9.17, 15) is 4.79 Å². The molecule has 0 atom stereocenters. The average Bonchev–Trinajstić information content (AvgIpc) is 2.27. The van der Waals surface area contributed by atoms with Crippen molar-refractivity contribution >= 4 is 5.97 Å². The lowest BCUT2D eigenvalue weighted by Crippen LogP contribution is -2.16. The molecule has 0 saturated heterocycles. The molecule has 0 rings (SSSR count). The molecule has 1 N–H and O–H groups in total. The summed E-state index contributed by atoms with van der Waals surface area (Å²) in [7, 11) is 1.40. The Labute approximate surface area is 91.9 Å². The monoisotopic (exact) mass is 209 g/mol. The summed E-state index contributed by atoms with van der Waals surface area (Å²) < 4.78 is 4.64. The van der Waals surface area contributed by atoms with Gasteiger partial charge in [0.05, 0.1) is 7.11 Å². The molecule has 0 amide bonds. The van der Waals surface area contributed by atoms with Crippen LogP contribution in [0.4, 0.5) is 0 Å². The smallest absolute Gasteiger partial charge is 0.333 e. The van der Waals surface area contributed by atoms with E-state index in [1.54, 1.807) is 0 Å². The number of hydrogen-bond donors (Lipinski definition) is 1. The zero-order valence-corrected chi connectivity index (χ0v) is 9.72. The van der Waals surface area contributed by atoms with E-state index < -0.39 is 0 Å². The van der Waals surface area contributed by atoms with Crippen LogP contribution in [0.3, 0.4) is 0 Å². The van der Waals surface area contributed by atoms with Gasteiger partial charge in [-0.1, -0.05) is 13.0 Å². The fourth-order valence-electron chi connectivity index (χ4n) is 1.08. The quantitative estimate of drug-likeness (QED) is 0.312. The molecular weight excluding hydrogens is 190 g/mol. The minimum Gasteiger partial charge on any atom is -0.466 e. The minimum absolute atomic E-state index is 0.243. The van der Waals surface area contributed by atoms with Crippen LogP contribution in [0.25, 0.3) is 0 Å². The fourth-order valence-corrected chi connectivity index (χ4v) is 1.08. The van der Waals surface area contributed by atoms with Gasteiger partial charge >= 0.3 is 5.97 Å². The predicted molar refractivity (Wildman–Crippen MR) is 61.3 cm³/mol. The molecule has 15 heavy (non-hydrogen) atoms. The standard InChI is InChI=1S/C12H19NO2/c1-4-6-7-9-13-10-8-11(5-2)12(14)15-3/h8,13H,5,7,9-10H2,1-3H3. The summed E-state index contributed by atoms with van der Waals surface area (Å²) in [5.74, 6) is 5.54. The number of hydrogen-bond acceptors (Lipinski definition) is 3. The van der Waals surface area contributed by atoms with Crippen molar-refractivity contribution in [3.63, 3.8) is 0 Å². The molecule has 0 bridgehead atoms. The van der Waals surface area contributed by atoms with E-state index in [-0.39, 0.29) is 5.97 Å². The molecule has 0 aromatic heterocycles. The van der Waals surface area contributed by atoms with Gasteiger partial charge in [0.25, 0.3) is 0 Å². The molecule has 3 nitrogen and oxygen atoms in total. The average molecular weight is 209 g/mol. The highest BCUT2D eigenvalue weighted by Gasteiger charge is 2.04. The molecule has 0 fully saturated rings. The molecule has 0 aliphatic heterocycles. The van der Waals surface area contributed by atoms with Crippen LogP contribution >= 0.6 is 0 Å². The van der Waals surface area contributed by atoms with Crippen molar-refractivity contribution in [3.05, 3.63) is 11.6 Å². The predicted octanol–water partition coefficient (Wildman–Crippen LogP) is 1.50. The lowest BCUT2D eigenvalue weighted by molar-refractivity contribution is -0.136. The van der Waals surface area contributed by atoms with Crippen LogP contribution < -0.4 is 5.32 Å². The molecule has 0 aromatic carbocycles. The summed E-state index contributed by atoms with van der Waals surface area (Å²) in [5, 5.41) is 3.18. The van der Waals surface area contributed by atoms with E-state index in [4.69, 9.17) is 0 Å². The first-order chi connectivity index (χ1) is 7.26. The van der Waals surface area contributed by atoms with Crippen LogP contribution in [-0.2, 0) is 9.53 Å². The maximum Gasteiger partial charge on any atom is 0.333 e. The van der Waals surface area contributed by atoms with Crippen molar-refractivity contribution in [1.82, 2.24) is 5.32 Å². The Morgan fingerprint density at radius 3 is 2.80 bits per heavy atom. The third-order valence-corrected chi connectivity index (χ3v) is 1.92. The summed E-state index contributed by atoms with van der Waals surface area (Å²) in [5.41, 5.74) is 0.714. The third-order valence-electron chi connectivity index (χ3n) is 1.92. The van der Waals surface area contributed by atoms with Crippen LogP contribution in [0.5, 0.6) is 0 Å². The largest absolute Gasteiger partial charge is 0.466 e. The van der Waals surface area contributed by atoms with Crippen molar-refractivity contribution < 1.29 is 9.53 Å². The van der Waals surface area contributed by atoms with E-state index in [0.29, 0.717) is 18.5 Å². The third kappa shape index (κ3) is 6.75. The fraction of sp³-hybridized carbons (Fsp3) is 0.583. The van der Waals surface area contributed by atoms with Gasteiger partial charge in [0.2, 0.25) is 0 Å². The van der Waals surface area contributed by atoms with Crippen molar-refractivity contribution in [2.24, 2.45) is 0 Å². The number of methoxy groups -OCH3 is 1. The topological polar surface area (TPSA) is 38.3 Å². The highest BCUT2D eigenvalue weighted by atomic mass is 16.5. The van der Waals surface area contributed by atoms with Gasteiger partial charge in [-0.3, -0.25) is 0 Å². The first kappa shape index (κ1) is 13.7. The summed E-state index contributed by atoms with van der Waals surface area (Å²) >= 11 is 0. The van der Waals surface area contributed by atoms with Gasteiger partial charge in [0, 0.05) is 25.1 Å². The lowest BCUT2D eigenvalue weighted by atomic mass is 10.2. The maximum absolute atomic E-state index is 11.2. The molecule has 3 heteroatoms. The van der Waals surface area contributed by atoms with Gasteiger partial charge in [-0.25, -0.2) is 4.79 Å². The Bertz CT molecular complexity index is 271. The second-order valence-electron chi connectivity index (χ2n) is 2.96. The molecule has 84 valence electrons. The number of rotatable bonds is 6. The molecule has 0 saturated carbocycles. The molecule has 0 aliphatic rings. The highest BCUT2D eigenvalue weighted by Crippen LogP contribution is 2.01. The van der Waals surface area contributed by atoms with Gasteiger partial charge in [-0.15, -0.1) is 11.8 Å². The summed E-state index contributed by atoms with van der Waals surface area (Å²) in [4.78, 5) is 11.2. The van der Waals surface area contributed by atoms with Crippen molar-refractivity contribution in [2.45, 2.75) is 26.7 Å². The van der Waals surface area contributed by atoms with Gasteiger partial charge in [-0.05, 0) is 13.3 Å². The van der Waals surface area contributed by atoms with Gasteiger partial charge < -0.3 is 10.1 Å². The minimum atomic E-state index is -0.243. The van der Waals surface area contributed by atoms with E-state index in [2.05, 4.69) is 21.9 Å². The van der Waals surface area contributed by atoms with Crippen molar-refractivity contribution in [2.75, 3.05) is 20.2 Å². The van der Waals surface area contributed by atoms with Crippen LogP contribution in [0.2, 0.25) is 0 Å². The Hall–Kier alpha value is -1.27. The molecule has 0 aromatic rings. The molecule has 0 heterocycles. The summed E-state index contributed by atoms with van der Waals surface area (Å²) in [6, 6.07) is 0. The second kappa shape index (κ2) is 9.29. The Balaban J connectivity index is 3.80. The van der Waals surface area contributed by atoms with Crippen LogP contribution in [-0.4, -0.2) is 26.2 Å². The number of carbonyl (C=O) groups excluding carboxylic acids is 1. The van der Waals surface area contributed by atoms with E-state index in [1.165, 1.54) is 7.11 Å². The second-order valence-corrected chi connectivity index (χ2v) is 2.96. The first-order valence-electron chi connectivity index (χ1n) is 5.13. The van der Waals surface area contributed by atoms with Crippen molar-refractivity contribution in [1.29, 1.82) is 0 Å². The first-order valence-corrected chi connectivity index (χ1v) is 5.13. The number of nitrogens with one attached hydrogen (secondary N) is 1. The number of carbonyl (C=O) groups is 1. The van der Waals surface area contributed by atoms with Gasteiger partial charge in [0.1, 0.15) is 0 Å². The highest BCUT2D eigenvalue weighted by molar-refractivity contribution is 5.88. The maximum atomic E-state index is 11.2. The molecule has 0 aliphatic carbocycles. The van der Waals surface area contributed by atoms with E-state index in [0.717, 1.165) is 13.0 Å². The normalized spacial score (nSPS) is 10.5. The SMILES string of the molecule is CC#CCCNCC=C(CC)C(=O)OC. The van der Waals surface area contributed by atoms with Gasteiger partial charge in [-0.2, -0.15) is 0 Å². The van der Waals surface area contributed by atoms with Crippen LogP contribution in [0, 0.1) is 11.8 Å². The zero-order valence-electron chi connectivity index (χ0n) is 9.72. The Morgan fingerprint density at radius 1 is 1.53 bits per heavy atom. The molecular formula is C12H19NO2. The van der Waals surface area contributed by atoms with Crippen LogP contribution in [0.1, 0.15) is 26.7 Å². The molecule has 0 unspecified atom stereocenters. The number of esters is 1. The molecule has 0 radical (unpaired) electrons. The Kier molecular flexibility index (Phi) is 8.50. The van der Waals surface area contributed by atoms with Gasteiger partial charge in [0.15, 0.2) is 0 Å². The summed E-state index contributed by atoms with van der Waals surface area (Å²) in [6.07, 6.45) is 3.40. The molecule has 0 spiro atoms. The summed E-state index contributed by atoms with van der Waals surface area (Å²) in [6.45, 7) is 5.29. The number of ether oxygens (including phenoxy) is 1. The Morgan fingerprint density at radius 2 is 2.27 bits per heavy atom. The van der Waals surface area contributed by atoms with Crippen molar-refractivity contribution in [3.8, 4) is 11.8 Å².